The molecule has 30 heavy (non-hydrogen) atoms. The Labute approximate surface area is 173 Å². The number of aromatic nitrogens is 5. The summed E-state index contributed by atoms with van der Waals surface area (Å²) in [6, 6.07) is 5.75. The molecule has 1 fully saturated rings. The number of hydrogen-bond acceptors (Lipinski definition) is 6. The Morgan fingerprint density at radius 1 is 1.30 bits per heavy atom. The van der Waals surface area contributed by atoms with E-state index in [1.165, 1.54) is 0 Å². The number of carbonyl (C=O) groups is 1. The average molecular weight is 408 g/mol. The van der Waals surface area contributed by atoms with Crippen molar-refractivity contribution in [1.82, 2.24) is 24.3 Å². The van der Waals surface area contributed by atoms with Gasteiger partial charge < -0.3 is 19.8 Å². The van der Waals surface area contributed by atoms with E-state index in [0.29, 0.717) is 24.7 Å². The molecule has 0 radical (unpaired) electrons. The van der Waals surface area contributed by atoms with E-state index in [-0.39, 0.29) is 12.0 Å². The molecule has 2 aromatic heterocycles. The summed E-state index contributed by atoms with van der Waals surface area (Å²) in [6.07, 6.45) is 4.88. The maximum absolute atomic E-state index is 11.7. The quantitative estimate of drug-likeness (QED) is 0.671. The summed E-state index contributed by atoms with van der Waals surface area (Å²) in [4.78, 5) is 21.0. The number of primary amides is 1. The first-order chi connectivity index (χ1) is 14.5. The third kappa shape index (κ3) is 3.30. The molecule has 1 aliphatic heterocycles. The minimum absolute atomic E-state index is 0.184. The largest absolute Gasteiger partial charge is 0.491 e. The molecule has 1 aliphatic carbocycles. The average Bonchev–Trinajstić information content (AvgIpc) is 3.31. The molecule has 5 rings (SSSR count). The summed E-state index contributed by atoms with van der Waals surface area (Å²) in [7, 11) is 0. The van der Waals surface area contributed by atoms with Crippen molar-refractivity contribution in [2.45, 2.75) is 45.4 Å². The Hall–Kier alpha value is -3.36. The van der Waals surface area contributed by atoms with Crippen molar-refractivity contribution < 1.29 is 14.3 Å². The highest BCUT2D eigenvalue weighted by Crippen LogP contribution is 2.39. The molecule has 1 atom stereocenters. The molecule has 0 saturated heterocycles. The van der Waals surface area contributed by atoms with Gasteiger partial charge in [-0.1, -0.05) is 0 Å². The Morgan fingerprint density at radius 2 is 2.13 bits per heavy atom. The second-order valence-electron chi connectivity index (χ2n) is 8.05. The first-order valence-electron chi connectivity index (χ1n) is 10.2. The Kier molecular flexibility index (Phi) is 4.45. The summed E-state index contributed by atoms with van der Waals surface area (Å²) < 4.78 is 15.8. The van der Waals surface area contributed by atoms with Gasteiger partial charge in [-0.15, -0.1) is 0 Å². The summed E-state index contributed by atoms with van der Waals surface area (Å²) >= 11 is 0. The lowest BCUT2D eigenvalue weighted by molar-refractivity contribution is -0.125. The number of hydrogen-bond donors (Lipinski definition) is 1. The maximum Gasteiger partial charge on any atom is 0.258 e. The molecule has 1 saturated carbocycles. The first kappa shape index (κ1) is 18.7. The van der Waals surface area contributed by atoms with Gasteiger partial charge in [0, 0.05) is 24.2 Å². The van der Waals surface area contributed by atoms with Crippen LogP contribution in [-0.2, 0) is 11.3 Å². The van der Waals surface area contributed by atoms with Crippen molar-refractivity contribution in [3.05, 3.63) is 30.7 Å². The zero-order valence-electron chi connectivity index (χ0n) is 17.0. The van der Waals surface area contributed by atoms with E-state index in [2.05, 4.69) is 28.5 Å². The third-order valence-corrected chi connectivity index (χ3v) is 5.45. The fourth-order valence-corrected chi connectivity index (χ4v) is 3.79. The van der Waals surface area contributed by atoms with Gasteiger partial charge in [0.1, 0.15) is 36.0 Å². The SMILES string of the molecule is CC(C)n1ncnc1-c1cn2c(n1)-c1ccc(O[C@@H](C(N)=O)C3CC3)cc1OCC2. The number of benzene rings is 1. The second-order valence-corrected chi connectivity index (χ2v) is 8.05. The number of fused-ring (bicyclic) bond motifs is 3. The van der Waals surface area contributed by atoms with Crippen molar-refractivity contribution in [3.8, 4) is 34.4 Å². The highest BCUT2D eigenvalue weighted by molar-refractivity contribution is 5.80. The molecular weight excluding hydrogens is 384 g/mol. The summed E-state index contributed by atoms with van der Waals surface area (Å²) in [5.41, 5.74) is 7.15. The zero-order valence-corrected chi connectivity index (χ0v) is 17.0. The Balaban J connectivity index is 1.49. The van der Waals surface area contributed by atoms with Crippen LogP contribution in [0.15, 0.2) is 30.7 Å². The zero-order chi connectivity index (χ0) is 20.8. The normalized spacial score (nSPS) is 16.4. The molecule has 3 aromatic rings. The van der Waals surface area contributed by atoms with Gasteiger partial charge in [0.2, 0.25) is 0 Å². The Bertz CT molecular complexity index is 1100. The maximum atomic E-state index is 11.7. The fraction of sp³-hybridized carbons (Fsp3) is 0.429. The van der Waals surface area contributed by atoms with Crippen LogP contribution in [0, 0.1) is 5.92 Å². The minimum atomic E-state index is -0.593. The predicted octanol–water partition coefficient (Wildman–Crippen LogP) is 2.42. The number of carbonyl (C=O) groups excluding carboxylic acids is 1. The molecule has 0 bridgehead atoms. The smallest absolute Gasteiger partial charge is 0.258 e. The van der Waals surface area contributed by atoms with Gasteiger partial charge in [0.05, 0.1) is 12.1 Å². The highest BCUT2D eigenvalue weighted by Gasteiger charge is 2.37. The van der Waals surface area contributed by atoms with Crippen LogP contribution in [0.3, 0.4) is 0 Å². The van der Waals surface area contributed by atoms with E-state index in [9.17, 15) is 4.79 Å². The van der Waals surface area contributed by atoms with Crippen molar-refractivity contribution >= 4 is 5.91 Å². The lowest BCUT2D eigenvalue weighted by atomic mass is 10.1. The van der Waals surface area contributed by atoms with Crippen LogP contribution >= 0.6 is 0 Å². The number of nitrogens with zero attached hydrogens (tertiary/aromatic N) is 5. The molecule has 1 aromatic carbocycles. The van der Waals surface area contributed by atoms with Gasteiger partial charge >= 0.3 is 0 Å². The molecule has 0 spiro atoms. The molecule has 3 heterocycles. The standard InChI is InChI=1S/C21H24N6O3/c1-12(2)27-21(23-11-24-27)16-10-26-7-8-29-17-9-14(5-6-15(17)20(26)25-16)30-18(19(22)28)13-3-4-13/h5-6,9-13,18H,3-4,7-8H2,1-2H3,(H2,22,28)/t18-/m1/s1. The summed E-state index contributed by atoms with van der Waals surface area (Å²) in [5, 5.41) is 4.31. The molecular formula is C21H24N6O3. The molecule has 0 unspecified atom stereocenters. The van der Waals surface area contributed by atoms with Crippen molar-refractivity contribution in [2.24, 2.45) is 11.7 Å². The van der Waals surface area contributed by atoms with E-state index >= 15 is 0 Å². The van der Waals surface area contributed by atoms with Crippen LogP contribution in [0.2, 0.25) is 0 Å². The van der Waals surface area contributed by atoms with Gasteiger partial charge in [0.25, 0.3) is 5.91 Å². The number of nitrogens with two attached hydrogens (primary N) is 1. The lowest BCUT2D eigenvalue weighted by Crippen LogP contribution is -2.35. The van der Waals surface area contributed by atoms with E-state index in [1.54, 1.807) is 6.33 Å². The summed E-state index contributed by atoms with van der Waals surface area (Å²) in [5.74, 6) is 2.57. The number of ether oxygens (including phenoxy) is 2. The predicted molar refractivity (Wildman–Crippen MR) is 109 cm³/mol. The molecule has 2 N–H and O–H groups in total. The topological polar surface area (TPSA) is 110 Å². The van der Waals surface area contributed by atoms with Crippen molar-refractivity contribution in [2.75, 3.05) is 6.61 Å². The van der Waals surface area contributed by atoms with Crippen LogP contribution < -0.4 is 15.2 Å². The van der Waals surface area contributed by atoms with Crippen molar-refractivity contribution in [1.29, 1.82) is 0 Å². The van der Waals surface area contributed by atoms with Gasteiger partial charge in [-0.25, -0.2) is 14.6 Å². The van der Waals surface area contributed by atoms with Crippen LogP contribution in [-0.4, -0.2) is 42.9 Å². The monoisotopic (exact) mass is 408 g/mol. The van der Waals surface area contributed by atoms with E-state index in [1.807, 2.05) is 29.1 Å². The van der Waals surface area contributed by atoms with Gasteiger partial charge in [-0.3, -0.25) is 4.79 Å². The van der Waals surface area contributed by atoms with Crippen LogP contribution in [0.4, 0.5) is 0 Å². The second kappa shape index (κ2) is 7.16. The van der Waals surface area contributed by atoms with Crippen LogP contribution in [0.5, 0.6) is 11.5 Å². The molecule has 9 nitrogen and oxygen atoms in total. The number of amides is 1. The first-order valence-corrected chi connectivity index (χ1v) is 10.2. The highest BCUT2D eigenvalue weighted by atomic mass is 16.5. The van der Waals surface area contributed by atoms with Gasteiger partial charge in [0.15, 0.2) is 11.9 Å². The molecule has 1 amide bonds. The van der Waals surface area contributed by atoms with Gasteiger partial charge in [-0.05, 0) is 38.8 Å². The number of rotatable bonds is 6. The molecule has 156 valence electrons. The van der Waals surface area contributed by atoms with E-state index < -0.39 is 12.0 Å². The number of imidazole rings is 1. The lowest BCUT2D eigenvalue weighted by Gasteiger charge is -2.16. The van der Waals surface area contributed by atoms with E-state index in [0.717, 1.165) is 35.7 Å². The Morgan fingerprint density at radius 3 is 2.87 bits per heavy atom. The fourth-order valence-electron chi connectivity index (χ4n) is 3.79. The third-order valence-electron chi connectivity index (χ3n) is 5.45. The molecule has 9 heteroatoms. The van der Waals surface area contributed by atoms with Crippen molar-refractivity contribution in [3.63, 3.8) is 0 Å². The minimum Gasteiger partial charge on any atom is -0.491 e. The van der Waals surface area contributed by atoms with E-state index in [4.69, 9.17) is 20.2 Å². The van der Waals surface area contributed by atoms with Crippen LogP contribution in [0.25, 0.3) is 22.9 Å². The van der Waals surface area contributed by atoms with Crippen LogP contribution in [0.1, 0.15) is 32.7 Å². The summed E-state index contributed by atoms with van der Waals surface area (Å²) in [6.45, 7) is 5.28. The molecule has 2 aliphatic rings. The van der Waals surface area contributed by atoms with Gasteiger partial charge in [-0.2, -0.15) is 5.10 Å².